The number of anilines is 1. The van der Waals surface area contributed by atoms with Crippen LogP contribution in [0.5, 0.6) is 0 Å². The van der Waals surface area contributed by atoms with E-state index in [-0.39, 0.29) is 11.9 Å². The van der Waals surface area contributed by atoms with Gasteiger partial charge in [-0.2, -0.15) is 26.3 Å². The summed E-state index contributed by atoms with van der Waals surface area (Å²) in [7, 11) is 0. The number of nitrogen functional groups attached to an aromatic ring is 1. The third kappa shape index (κ3) is 2.47. The van der Waals surface area contributed by atoms with Crippen molar-refractivity contribution in [2.45, 2.75) is 19.3 Å². The van der Waals surface area contributed by atoms with Crippen molar-refractivity contribution in [3.8, 4) is 0 Å². The first-order chi connectivity index (χ1) is 9.00. The van der Waals surface area contributed by atoms with Crippen molar-refractivity contribution in [2.24, 2.45) is 0 Å². The summed E-state index contributed by atoms with van der Waals surface area (Å²) in [4.78, 5) is 7.13. The SMILES string of the molecule is Cc1nc(N)c2cc(C(F)(F)F)cc(C(F)(F)F)c2n1. The molecule has 0 bridgehead atoms. The average Bonchev–Trinajstić information content (AvgIpc) is 2.24. The van der Waals surface area contributed by atoms with E-state index in [1.54, 1.807) is 0 Å². The van der Waals surface area contributed by atoms with E-state index in [0.29, 0.717) is 6.07 Å². The molecule has 0 atom stereocenters. The van der Waals surface area contributed by atoms with Crippen LogP contribution in [0.2, 0.25) is 0 Å². The number of alkyl halides is 6. The number of aryl methyl sites for hydroxylation is 1. The fourth-order valence-corrected chi connectivity index (χ4v) is 1.75. The van der Waals surface area contributed by atoms with Gasteiger partial charge in [-0.25, -0.2) is 9.97 Å². The van der Waals surface area contributed by atoms with Crippen molar-refractivity contribution >= 4 is 16.7 Å². The van der Waals surface area contributed by atoms with Gasteiger partial charge in [0, 0.05) is 5.39 Å². The minimum absolute atomic E-state index is 0.0220. The summed E-state index contributed by atoms with van der Waals surface area (Å²) in [6.45, 7) is 1.30. The lowest BCUT2D eigenvalue weighted by Gasteiger charge is -2.15. The highest BCUT2D eigenvalue weighted by molar-refractivity contribution is 5.91. The molecule has 0 spiro atoms. The van der Waals surface area contributed by atoms with Gasteiger partial charge in [0.15, 0.2) is 0 Å². The molecule has 2 aromatic rings. The Morgan fingerprint density at radius 1 is 0.950 bits per heavy atom. The molecule has 0 amide bonds. The Morgan fingerprint density at radius 3 is 2.05 bits per heavy atom. The second kappa shape index (κ2) is 4.22. The van der Waals surface area contributed by atoms with Crippen LogP contribution in [0.15, 0.2) is 12.1 Å². The van der Waals surface area contributed by atoms with Gasteiger partial charge in [0.05, 0.1) is 16.6 Å². The number of hydrogen-bond acceptors (Lipinski definition) is 3. The van der Waals surface area contributed by atoms with Crippen molar-refractivity contribution in [1.29, 1.82) is 0 Å². The van der Waals surface area contributed by atoms with Gasteiger partial charge < -0.3 is 5.73 Å². The fourth-order valence-electron chi connectivity index (χ4n) is 1.75. The van der Waals surface area contributed by atoms with Crippen molar-refractivity contribution in [2.75, 3.05) is 5.73 Å². The molecule has 0 saturated heterocycles. The van der Waals surface area contributed by atoms with Crippen LogP contribution in [-0.2, 0) is 12.4 Å². The minimum Gasteiger partial charge on any atom is -0.383 e. The van der Waals surface area contributed by atoms with E-state index in [2.05, 4.69) is 9.97 Å². The Kier molecular flexibility index (Phi) is 3.03. The highest BCUT2D eigenvalue weighted by Gasteiger charge is 2.39. The fraction of sp³-hybridized carbons (Fsp3) is 0.273. The number of fused-ring (bicyclic) bond motifs is 1. The first-order valence-corrected chi connectivity index (χ1v) is 5.22. The van der Waals surface area contributed by atoms with Gasteiger partial charge in [0.2, 0.25) is 0 Å². The molecule has 2 rings (SSSR count). The first kappa shape index (κ1) is 14.4. The van der Waals surface area contributed by atoms with Crippen LogP contribution in [0.4, 0.5) is 32.2 Å². The topological polar surface area (TPSA) is 51.8 Å². The Morgan fingerprint density at radius 2 is 1.55 bits per heavy atom. The molecule has 1 aromatic heterocycles. The molecule has 0 aliphatic rings. The van der Waals surface area contributed by atoms with Crippen LogP contribution in [-0.4, -0.2) is 9.97 Å². The lowest BCUT2D eigenvalue weighted by atomic mass is 10.0. The minimum atomic E-state index is -4.98. The van der Waals surface area contributed by atoms with E-state index in [1.807, 2.05) is 0 Å². The maximum atomic E-state index is 12.9. The van der Waals surface area contributed by atoms with Crippen molar-refractivity contribution in [3.05, 3.63) is 29.1 Å². The summed E-state index contributed by atoms with van der Waals surface area (Å²) in [6.07, 6.45) is -9.90. The Hall–Kier alpha value is -2.06. The Balaban J connectivity index is 2.93. The zero-order chi connectivity index (χ0) is 15.3. The van der Waals surface area contributed by atoms with E-state index in [0.717, 1.165) is 0 Å². The monoisotopic (exact) mass is 295 g/mol. The predicted octanol–water partition coefficient (Wildman–Crippen LogP) is 3.56. The normalized spacial score (nSPS) is 12.9. The third-order valence-corrected chi connectivity index (χ3v) is 2.57. The van der Waals surface area contributed by atoms with Crippen LogP contribution in [0.1, 0.15) is 17.0 Å². The van der Waals surface area contributed by atoms with E-state index in [9.17, 15) is 26.3 Å². The molecule has 2 N–H and O–H groups in total. The van der Waals surface area contributed by atoms with Crippen molar-refractivity contribution in [1.82, 2.24) is 9.97 Å². The van der Waals surface area contributed by atoms with Gasteiger partial charge in [-0.1, -0.05) is 0 Å². The van der Waals surface area contributed by atoms with Gasteiger partial charge in [0.1, 0.15) is 11.6 Å². The number of benzene rings is 1. The maximum Gasteiger partial charge on any atom is 0.418 e. The van der Waals surface area contributed by atoms with E-state index >= 15 is 0 Å². The smallest absolute Gasteiger partial charge is 0.383 e. The van der Waals surface area contributed by atoms with Crippen LogP contribution < -0.4 is 5.73 Å². The first-order valence-electron chi connectivity index (χ1n) is 5.22. The quantitative estimate of drug-likeness (QED) is 0.756. The lowest BCUT2D eigenvalue weighted by molar-refractivity contribution is -0.142. The molecule has 1 aromatic carbocycles. The molecular formula is C11H7F6N3. The van der Waals surface area contributed by atoms with Crippen molar-refractivity contribution < 1.29 is 26.3 Å². The molecule has 0 radical (unpaired) electrons. The summed E-state index contributed by atoms with van der Waals surface area (Å²) >= 11 is 0. The van der Waals surface area contributed by atoms with Gasteiger partial charge in [-0.15, -0.1) is 0 Å². The zero-order valence-corrected chi connectivity index (χ0v) is 9.89. The number of hydrogen-bond donors (Lipinski definition) is 1. The number of aromatic nitrogens is 2. The zero-order valence-electron chi connectivity index (χ0n) is 9.89. The van der Waals surface area contributed by atoms with Gasteiger partial charge >= 0.3 is 12.4 Å². The van der Waals surface area contributed by atoms with Crippen molar-refractivity contribution in [3.63, 3.8) is 0 Å². The van der Waals surface area contributed by atoms with Crippen LogP contribution in [0.25, 0.3) is 10.9 Å². The second-order valence-electron chi connectivity index (χ2n) is 4.07. The van der Waals surface area contributed by atoms with Crippen LogP contribution >= 0.6 is 0 Å². The summed E-state index contributed by atoms with van der Waals surface area (Å²) in [5, 5.41) is -0.474. The molecule has 108 valence electrons. The largest absolute Gasteiger partial charge is 0.418 e. The van der Waals surface area contributed by atoms with Crippen LogP contribution in [0, 0.1) is 6.92 Å². The second-order valence-corrected chi connectivity index (χ2v) is 4.07. The molecule has 20 heavy (non-hydrogen) atoms. The molecule has 9 heteroatoms. The van der Waals surface area contributed by atoms with E-state index in [4.69, 9.17) is 5.73 Å². The number of halogens is 6. The predicted molar refractivity (Wildman–Crippen MR) is 58.7 cm³/mol. The summed E-state index contributed by atoms with van der Waals surface area (Å²) < 4.78 is 76.6. The Bertz CT molecular complexity index is 674. The summed E-state index contributed by atoms with van der Waals surface area (Å²) in [5.74, 6) is -0.482. The average molecular weight is 295 g/mol. The highest BCUT2D eigenvalue weighted by Crippen LogP contribution is 2.40. The molecule has 3 nitrogen and oxygen atoms in total. The van der Waals surface area contributed by atoms with Gasteiger partial charge in [0.25, 0.3) is 0 Å². The molecule has 1 heterocycles. The van der Waals surface area contributed by atoms with E-state index < -0.39 is 40.2 Å². The van der Waals surface area contributed by atoms with Gasteiger partial charge in [-0.3, -0.25) is 0 Å². The number of rotatable bonds is 0. The standard InChI is InChI=1S/C11H7F6N3/c1-4-19-8-6(9(18)20-4)2-5(10(12,13)14)3-7(8)11(15,16)17/h2-3H,1H3,(H2,18,19,20). The number of nitrogens with two attached hydrogens (primary N) is 1. The molecule has 0 fully saturated rings. The summed E-state index contributed by atoms with van der Waals surface area (Å²) in [5.41, 5.74) is 1.82. The molecule has 0 unspecified atom stereocenters. The Labute approximate surface area is 108 Å². The molecule has 0 aliphatic carbocycles. The maximum absolute atomic E-state index is 12.9. The molecule has 0 aliphatic heterocycles. The highest BCUT2D eigenvalue weighted by atomic mass is 19.4. The molecular weight excluding hydrogens is 288 g/mol. The van der Waals surface area contributed by atoms with E-state index in [1.165, 1.54) is 6.92 Å². The van der Waals surface area contributed by atoms with Crippen LogP contribution in [0.3, 0.4) is 0 Å². The van der Waals surface area contributed by atoms with Gasteiger partial charge in [-0.05, 0) is 19.1 Å². The molecule has 0 saturated carbocycles. The summed E-state index contributed by atoms with van der Waals surface area (Å²) in [6, 6.07) is 0.535. The number of nitrogens with zero attached hydrogens (tertiary/aromatic N) is 2. The lowest BCUT2D eigenvalue weighted by Crippen LogP contribution is -2.13. The third-order valence-electron chi connectivity index (χ3n) is 2.57.